The molecule has 2 rings (SSSR count). The second-order valence-electron chi connectivity index (χ2n) is 3.51. The topological polar surface area (TPSA) is 35.5 Å². The van der Waals surface area contributed by atoms with Gasteiger partial charge in [0.1, 0.15) is 6.10 Å². The molecule has 0 spiro atoms. The van der Waals surface area contributed by atoms with Crippen molar-refractivity contribution in [1.82, 2.24) is 0 Å². The van der Waals surface area contributed by atoms with Crippen LogP contribution in [0.1, 0.15) is 17.9 Å². The number of carbonyl (C=O) groups excluding carboxylic acids is 1. The summed E-state index contributed by atoms with van der Waals surface area (Å²) in [6.07, 6.45) is 0.681. The smallest absolute Gasteiger partial charge is 0.293 e. The summed E-state index contributed by atoms with van der Waals surface area (Å²) in [7, 11) is 1.42. The van der Waals surface area contributed by atoms with E-state index in [4.69, 9.17) is 9.47 Å². The number of ether oxygens (including phenoxy) is 2. The molecule has 0 radical (unpaired) electrons. The van der Waals surface area contributed by atoms with Crippen LogP contribution in [0.25, 0.3) is 0 Å². The minimum absolute atomic E-state index is 0.0877. The molecular weight excluding hydrogens is 199 g/mol. The van der Waals surface area contributed by atoms with E-state index in [1.165, 1.54) is 13.2 Å². The van der Waals surface area contributed by atoms with Crippen molar-refractivity contribution in [3.05, 3.63) is 29.6 Å². The molecule has 0 aromatic heterocycles. The Morgan fingerprint density at radius 3 is 2.93 bits per heavy atom. The molecule has 1 aliphatic rings. The number of rotatable bonds is 4. The summed E-state index contributed by atoms with van der Waals surface area (Å²) in [5, 5.41) is 0. The highest BCUT2D eigenvalue weighted by Crippen LogP contribution is 2.43. The van der Waals surface area contributed by atoms with E-state index in [2.05, 4.69) is 0 Å². The molecule has 1 fully saturated rings. The first kappa shape index (κ1) is 9.96. The minimum atomic E-state index is -0.383. The average Bonchev–Trinajstić information content (AvgIpc) is 2.98. The van der Waals surface area contributed by atoms with Gasteiger partial charge in [0.25, 0.3) is 6.47 Å². The number of hydrogen-bond donors (Lipinski definition) is 0. The van der Waals surface area contributed by atoms with Crippen LogP contribution in [-0.4, -0.2) is 19.7 Å². The highest BCUT2D eigenvalue weighted by Gasteiger charge is 2.40. The molecule has 80 valence electrons. The van der Waals surface area contributed by atoms with Gasteiger partial charge in [0, 0.05) is 5.92 Å². The van der Waals surface area contributed by atoms with Gasteiger partial charge in [0.2, 0.25) is 0 Å². The summed E-state index contributed by atoms with van der Waals surface area (Å²) in [5.41, 5.74) is 0.847. The first-order valence-corrected chi connectivity index (χ1v) is 4.69. The molecule has 0 bridgehead atoms. The van der Waals surface area contributed by atoms with Crippen molar-refractivity contribution in [3.63, 3.8) is 0 Å². The van der Waals surface area contributed by atoms with Crippen molar-refractivity contribution in [2.24, 2.45) is 0 Å². The van der Waals surface area contributed by atoms with E-state index in [9.17, 15) is 9.18 Å². The van der Waals surface area contributed by atoms with E-state index >= 15 is 0 Å². The fourth-order valence-corrected chi connectivity index (χ4v) is 1.66. The molecule has 1 aromatic carbocycles. The Hall–Kier alpha value is -1.58. The third-order valence-corrected chi connectivity index (χ3v) is 2.57. The molecule has 1 aromatic rings. The quantitative estimate of drug-likeness (QED) is 0.711. The zero-order valence-electron chi connectivity index (χ0n) is 8.27. The molecule has 0 saturated heterocycles. The van der Waals surface area contributed by atoms with Crippen molar-refractivity contribution in [2.75, 3.05) is 7.11 Å². The lowest BCUT2D eigenvalue weighted by Crippen LogP contribution is -1.95. The van der Waals surface area contributed by atoms with E-state index in [1.54, 1.807) is 12.1 Å². The SMILES string of the molecule is COc1ccc(C2C[C@H]2OC=O)cc1F. The van der Waals surface area contributed by atoms with Gasteiger partial charge in [-0.05, 0) is 24.1 Å². The molecule has 0 heterocycles. The van der Waals surface area contributed by atoms with Gasteiger partial charge in [0.15, 0.2) is 11.6 Å². The molecule has 4 heteroatoms. The molecule has 0 N–H and O–H groups in total. The summed E-state index contributed by atoms with van der Waals surface area (Å²) >= 11 is 0. The highest BCUT2D eigenvalue weighted by atomic mass is 19.1. The molecule has 3 nitrogen and oxygen atoms in total. The summed E-state index contributed by atoms with van der Waals surface area (Å²) in [6, 6.07) is 4.80. The van der Waals surface area contributed by atoms with Crippen LogP contribution in [0.15, 0.2) is 18.2 Å². The number of benzene rings is 1. The van der Waals surface area contributed by atoms with Gasteiger partial charge in [-0.3, -0.25) is 4.79 Å². The van der Waals surface area contributed by atoms with Crippen molar-refractivity contribution in [3.8, 4) is 5.75 Å². The van der Waals surface area contributed by atoms with E-state index in [0.717, 1.165) is 12.0 Å². The van der Waals surface area contributed by atoms with Crippen LogP contribution in [0, 0.1) is 5.82 Å². The second kappa shape index (κ2) is 3.88. The molecule has 1 aliphatic carbocycles. The molecule has 0 aliphatic heterocycles. The van der Waals surface area contributed by atoms with E-state index in [-0.39, 0.29) is 23.6 Å². The predicted molar refractivity (Wildman–Crippen MR) is 51.2 cm³/mol. The first-order chi connectivity index (χ1) is 7.26. The van der Waals surface area contributed by atoms with Crippen molar-refractivity contribution in [1.29, 1.82) is 0 Å². The van der Waals surface area contributed by atoms with E-state index < -0.39 is 0 Å². The number of methoxy groups -OCH3 is 1. The molecule has 1 unspecified atom stereocenters. The van der Waals surface area contributed by atoms with Gasteiger partial charge >= 0.3 is 0 Å². The van der Waals surface area contributed by atoms with Crippen LogP contribution in [-0.2, 0) is 9.53 Å². The minimum Gasteiger partial charge on any atom is -0.494 e. The van der Waals surface area contributed by atoms with Crippen LogP contribution < -0.4 is 4.74 Å². The number of hydrogen-bond acceptors (Lipinski definition) is 3. The lowest BCUT2D eigenvalue weighted by molar-refractivity contribution is -0.129. The van der Waals surface area contributed by atoms with Gasteiger partial charge in [0.05, 0.1) is 7.11 Å². The van der Waals surface area contributed by atoms with E-state index in [0.29, 0.717) is 6.47 Å². The van der Waals surface area contributed by atoms with Crippen molar-refractivity contribution in [2.45, 2.75) is 18.4 Å². The van der Waals surface area contributed by atoms with Crippen LogP contribution in [0.3, 0.4) is 0 Å². The van der Waals surface area contributed by atoms with E-state index in [1.807, 2.05) is 0 Å². The fraction of sp³-hybridized carbons (Fsp3) is 0.364. The average molecular weight is 210 g/mol. The van der Waals surface area contributed by atoms with Crippen LogP contribution in [0.4, 0.5) is 4.39 Å². The van der Waals surface area contributed by atoms with Crippen molar-refractivity contribution < 1.29 is 18.7 Å². The fourth-order valence-electron chi connectivity index (χ4n) is 1.66. The Balaban J connectivity index is 2.11. The highest BCUT2D eigenvalue weighted by molar-refractivity contribution is 5.41. The summed E-state index contributed by atoms with van der Waals surface area (Å²) in [6.45, 7) is 0.435. The van der Waals surface area contributed by atoms with Gasteiger partial charge in [-0.25, -0.2) is 4.39 Å². The maximum absolute atomic E-state index is 13.3. The lowest BCUT2D eigenvalue weighted by atomic mass is 10.1. The molecule has 0 amide bonds. The maximum atomic E-state index is 13.3. The Morgan fingerprint density at radius 2 is 2.33 bits per heavy atom. The summed E-state index contributed by atoms with van der Waals surface area (Å²) in [4.78, 5) is 10.1. The molecular formula is C11H11FO3. The largest absolute Gasteiger partial charge is 0.494 e. The monoisotopic (exact) mass is 210 g/mol. The Bertz CT molecular complexity index is 378. The van der Waals surface area contributed by atoms with Gasteiger partial charge < -0.3 is 9.47 Å². The molecule has 1 saturated carbocycles. The third-order valence-electron chi connectivity index (χ3n) is 2.57. The molecule has 2 atom stereocenters. The standard InChI is InChI=1S/C11H11FO3/c1-14-10-3-2-7(4-9(10)12)8-5-11(8)15-6-13/h2-4,6,8,11H,5H2,1H3/t8?,11-/m1/s1. The second-order valence-corrected chi connectivity index (χ2v) is 3.51. The van der Waals surface area contributed by atoms with Crippen LogP contribution in [0.2, 0.25) is 0 Å². The predicted octanol–water partition coefficient (Wildman–Crippen LogP) is 1.86. The maximum Gasteiger partial charge on any atom is 0.293 e. The number of halogens is 1. The first-order valence-electron chi connectivity index (χ1n) is 4.69. The Kier molecular flexibility index (Phi) is 2.58. The normalized spacial score (nSPS) is 23.3. The summed E-state index contributed by atoms with van der Waals surface area (Å²) in [5.74, 6) is -0.0189. The summed E-state index contributed by atoms with van der Waals surface area (Å²) < 4.78 is 22.9. The Morgan fingerprint density at radius 1 is 1.53 bits per heavy atom. The zero-order valence-corrected chi connectivity index (χ0v) is 8.27. The van der Waals surface area contributed by atoms with Crippen LogP contribution in [0.5, 0.6) is 5.75 Å². The zero-order chi connectivity index (χ0) is 10.8. The van der Waals surface area contributed by atoms with Gasteiger partial charge in [-0.15, -0.1) is 0 Å². The van der Waals surface area contributed by atoms with Gasteiger partial charge in [-0.1, -0.05) is 6.07 Å². The third kappa shape index (κ3) is 1.93. The van der Waals surface area contributed by atoms with Gasteiger partial charge in [-0.2, -0.15) is 0 Å². The van der Waals surface area contributed by atoms with Crippen LogP contribution >= 0.6 is 0 Å². The Labute approximate surface area is 86.8 Å². The number of carbonyl (C=O) groups is 1. The lowest BCUT2D eigenvalue weighted by Gasteiger charge is -2.04. The molecule has 15 heavy (non-hydrogen) atoms. The van der Waals surface area contributed by atoms with Crippen molar-refractivity contribution >= 4 is 6.47 Å².